The lowest BCUT2D eigenvalue weighted by molar-refractivity contribution is -0.0197. The van der Waals surface area contributed by atoms with Gasteiger partial charge in [-0.2, -0.15) is 5.26 Å². The number of rotatable bonds is 7. The molecule has 5 rings (SSSR count). The minimum atomic E-state index is -0.179. The largest absolute Gasteiger partial charge is 0.489 e. The summed E-state index contributed by atoms with van der Waals surface area (Å²) in [6.45, 7) is 4.25. The Morgan fingerprint density at radius 2 is 2.03 bits per heavy atom. The Labute approximate surface area is 208 Å². The fraction of sp³-hybridized carbons (Fsp3) is 0.400. The minimum absolute atomic E-state index is 0.0444. The number of nitrogens with zero attached hydrogens (tertiary/aromatic N) is 5. The summed E-state index contributed by atoms with van der Waals surface area (Å²) < 4.78 is 16.7. The van der Waals surface area contributed by atoms with E-state index in [-0.39, 0.29) is 23.9 Å². The molecule has 2 fully saturated rings. The highest BCUT2D eigenvalue weighted by atomic mass is 16.5. The van der Waals surface area contributed by atoms with E-state index in [4.69, 9.17) is 14.2 Å². The summed E-state index contributed by atoms with van der Waals surface area (Å²) in [7, 11) is 1.64. The molecule has 2 aromatic heterocycles. The first kappa shape index (κ1) is 23.7. The summed E-state index contributed by atoms with van der Waals surface area (Å²) in [5.41, 5.74) is 2.53. The van der Waals surface area contributed by atoms with Gasteiger partial charge in [0.25, 0.3) is 5.91 Å². The molecule has 2 saturated heterocycles. The molecule has 11 nitrogen and oxygen atoms in total. The molecule has 2 aliphatic heterocycles. The van der Waals surface area contributed by atoms with Gasteiger partial charge in [-0.3, -0.25) is 4.79 Å². The molecule has 0 radical (unpaired) electrons. The molecule has 0 aliphatic carbocycles. The van der Waals surface area contributed by atoms with Crippen molar-refractivity contribution in [1.82, 2.24) is 24.8 Å². The number of aromatic amines is 1. The highest BCUT2D eigenvalue weighted by Crippen LogP contribution is 2.28. The number of hydrogen-bond acceptors (Lipinski definition) is 9. The lowest BCUT2D eigenvalue weighted by Crippen LogP contribution is -2.54. The lowest BCUT2D eigenvalue weighted by Gasteiger charge is -2.37. The van der Waals surface area contributed by atoms with Gasteiger partial charge in [-0.05, 0) is 31.2 Å². The molecule has 2 aliphatic rings. The van der Waals surface area contributed by atoms with Crippen LogP contribution >= 0.6 is 0 Å². The van der Waals surface area contributed by atoms with E-state index >= 15 is 0 Å². The predicted molar refractivity (Wildman–Crippen MR) is 130 cm³/mol. The third-order valence-electron chi connectivity index (χ3n) is 6.30. The fourth-order valence-corrected chi connectivity index (χ4v) is 4.12. The second-order valence-corrected chi connectivity index (χ2v) is 8.77. The van der Waals surface area contributed by atoms with Crippen LogP contribution in [0.1, 0.15) is 34.7 Å². The number of likely N-dealkylation sites (tertiary alicyclic amines) is 1. The van der Waals surface area contributed by atoms with Crippen molar-refractivity contribution in [2.45, 2.75) is 32.0 Å². The van der Waals surface area contributed by atoms with Gasteiger partial charge in [0, 0.05) is 44.8 Å². The van der Waals surface area contributed by atoms with Crippen molar-refractivity contribution in [3.05, 3.63) is 47.5 Å². The summed E-state index contributed by atoms with van der Waals surface area (Å²) in [6.07, 6.45) is 3.35. The SMILES string of the molecule is COC1CN(C(=O)c2nc(Nc3nccc(-c4ccc(OC5CCOCC5)c(C#N)c4)n3)c(C)[nH]2)C1. The maximum absolute atomic E-state index is 12.6. The summed E-state index contributed by atoms with van der Waals surface area (Å²) in [5, 5.41) is 12.8. The van der Waals surface area contributed by atoms with Crippen molar-refractivity contribution in [3.8, 4) is 23.1 Å². The molecule has 0 atom stereocenters. The van der Waals surface area contributed by atoms with Gasteiger partial charge < -0.3 is 29.4 Å². The molecule has 4 heterocycles. The van der Waals surface area contributed by atoms with Gasteiger partial charge in [-0.1, -0.05) is 0 Å². The first-order valence-electron chi connectivity index (χ1n) is 11.8. The van der Waals surface area contributed by atoms with Crippen molar-refractivity contribution in [2.75, 3.05) is 38.7 Å². The van der Waals surface area contributed by atoms with Crippen LogP contribution in [0.4, 0.5) is 11.8 Å². The standard InChI is InChI=1S/C25H27N7O4/c1-15-22(30-23(28-15)24(33)32-13-19(14-32)34-2)31-25-27-8-5-20(29-25)16-3-4-21(17(11-16)12-26)36-18-6-9-35-10-7-18/h3-5,8,11,18-19H,6-7,9-10,13-14H2,1-2H3,(H,28,30)(H,27,29,31). The number of aryl methyl sites for hydroxylation is 1. The highest BCUT2D eigenvalue weighted by molar-refractivity contribution is 5.92. The van der Waals surface area contributed by atoms with E-state index in [0.29, 0.717) is 60.8 Å². The number of nitriles is 1. The quantitative estimate of drug-likeness (QED) is 0.513. The third kappa shape index (κ3) is 5.00. The van der Waals surface area contributed by atoms with Crippen molar-refractivity contribution >= 4 is 17.7 Å². The number of H-pyrrole nitrogens is 1. The first-order chi connectivity index (χ1) is 17.5. The number of aromatic nitrogens is 4. The van der Waals surface area contributed by atoms with Gasteiger partial charge in [0.2, 0.25) is 5.95 Å². The minimum Gasteiger partial charge on any atom is -0.489 e. The third-order valence-corrected chi connectivity index (χ3v) is 6.30. The second kappa shape index (κ2) is 10.3. The molecule has 3 aromatic rings. The van der Waals surface area contributed by atoms with Crippen molar-refractivity contribution < 1.29 is 19.0 Å². The van der Waals surface area contributed by atoms with Gasteiger partial charge in [0.1, 0.15) is 17.9 Å². The average molecular weight is 490 g/mol. The summed E-state index contributed by atoms with van der Waals surface area (Å²) in [5.74, 6) is 1.42. The zero-order valence-corrected chi connectivity index (χ0v) is 20.2. The maximum atomic E-state index is 12.6. The predicted octanol–water partition coefficient (Wildman–Crippen LogP) is 2.82. The summed E-state index contributed by atoms with van der Waals surface area (Å²) in [4.78, 5) is 30.6. The van der Waals surface area contributed by atoms with Crippen LogP contribution in [-0.2, 0) is 9.47 Å². The summed E-state index contributed by atoms with van der Waals surface area (Å²) >= 11 is 0. The molecular weight excluding hydrogens is 462 g/mol. The molecule has 1 aromatic carbocycles. The Morgan fingerprint density at radius 3 is 2.78 bits per heavy atom. The number of imidazole rings is 1. The van der Waals surface area contributed by atoms with Crippen LogP contribution in [0.5, 0.6) is 5.75 Å². The number of ether oxygens (including phenoxy) is 3. The number of carbonyl (C=O) groups is 1. The number of hydrogen-bond donors (Lipinski definition) is 2. The Hall–Kier alpha value is -4.01. The zero-order valence-electron chi connectivity index (χ0n) is 20.2. The van der Waals surface area contributed by atoms with Gasteiger partial charge in [0.05, 0.1) is 36.3 Å². The Kier molecular flexibility index (Phi) is 6.79. The van der Waals surface area contributed by atoms with Crippen molar-refractivity contribution in [3.63, 3.8) is 0 Å². The van der Waals surface area contributed by atoms with E-state index in [1.54, 1.807) is 36.4 Å². The van der Waals surface area contributed by atoms with E-state index in [0.717, 1.165) is 18.4 Å². The van der Waals surface area contributed by atoms with E-state index in [1.165, 1.54) is 0 Å². The molecule has 11 heteroatoms. The molecule has 0 saturated carbocycles. The Morgan fingerprint density at radius 1 is 1.22 bits per heavy atom. The van der Waals surface area contributed by atoms with Crippen LogP contribution in [0.15, 0.2) is 30.5 Å². The molecular formula is C25H27N7O4. The number of benzene rings is 1. The molecule has 0 unspecified atom stereocenters. The lowest BCUT2D eigenvalue weighted by atomic mass is 10.1. The van der Waals surface area contributed by atoms with Crippen molar-refractivity contribution in [2.24, 2.45) is 0 Å². The maximum Gasteiger partial charge on any atom is 0.289 e. The molecule has 0 spiro atoms. The molecule has 36 heavy (non-hydrogen) atoms. The van der Waals surface area contributed by atoms with Gasteiger partial charge >= 0.3 is 0 Å². The van der Waals surface area contributed by atoms with Crippen LogP contribution < -0.4 is 10.1 Å². The zero-order chi connectivity index (χ0) is 25.1. The monoisotopic (exact) mass is 489 g/mol. The van der Waals surface area contributed by atoms with Gasteiger partial charge in [-0.25, -0.2) is 15.0 Å². The highest BCUT2D eigenvalue weighted by Gasteiger charge is 2.32. The van der Waals surface area contributed by atoms with Crippen LogP contribution in [0, 0.1) is 18.3 Å². The molecule has 0 bridgehead atoms. The van der Waals surface area contributed by atoms with Gasteiger partial charge in [-0.15, -0.1) is 0 Å². The number of amides is 1. The Balaban J connectivity index is 1.30. The Bertz CT molecular complexity index is 1290. The molecule has 186 valence electrons. The van der Waals surface area contributed by atoms with E-state index in [2.05, 4.69) is 31.3 Å². The number of methoxy groups -OCH3 is 1. The first-order valence-corrected chi connectivity index (χ1v) is 11.8. The van der Waals surface area contributed by atoms with Crippen LogP contribution in [-0.4, -0.2) is 76.4 Å². The summed E-state index contributed by atoms with van der Waals surface area (Å²) in [6, 6.07) is 9.43. The van der Waals surface area contributed by atoms with Crippen LogP contribution in [0.2, 0.25) is 0 Å². The number of carbonyl (C=O) groups excluding carboxylic acids is 1. The topological polar surface area (TPSA) is 138 Å². The van der Waals surface area contributed by atoms with Crippen LogP contribution in [0.25, 0.3) is 11.3 Å². The molecule has 2 N–H and O–H groups in total. The average Bonchev–Trinajstić information content (AvgIpc) is 3.24. The number of nitrogens with one attached hydrogen (secondary N) is 2. The normalized spacial score (nSPS) is 16.3. The van der Waals surface area contributed by atoms with E-state index in [9.17, 15) is 10.1 Å². The van der Waals surface area contributed by atoms with E-state index in [1.807, 2.05) is 13.0 Å². The van der Waals surface area contributed by atoms with Gasteiger partial charge in [0.15, 0.2) is 11.6 Å². The molecule has 1 amide bonds. The second-order valence-electron chi connectivity index (χ2n) is 8.77. The number of anilines is 2. The van der Waals surface area contributed by atoms with Crippen LogP contribution in [0.3, 0.4) is 0 Å². The van der Waals surface area contributed by atoms with E-state index < -0.39 is 0 Å². The smallest absolute Gasteiger partial charge is 0.289 e. The fourth-order valence-electron chi connectivity index (χ4n) is 4.12. The van der Waals surface area contributed by atoms with Crippen molar-refractivity contribution in [1.29, 1.82) is 5.26 Å².